The van der Waals surface area contributed by atoms with Crippen LogP contribution in [0, 0.1) is 0 Å². The molecule has 1 saturated carbocycles. The number of carboxylic acid groups (broad SMARTS) is 1. The number of ether oxygens (including phenoxy) is 1. The fourth-order valence-electron chi connectivity index (χ4n) is 3.01. The fourth-order valence-corrected chi connectivity index (χ4v) is 3.01. The number of hydrogen-bond donors (Lipinski definition) is 1. The van der Waals surface area contributed by atoms with E-state index >= 15 is 0 Å². The molecule has 106 valence electrons. The first-order chi connectivity index (χ1) is 8.52. The molecule has 0 aromatic rings. The first kappa shape index (κ1) is 15.4. The quantitative estimate of drug-likeness (QED) is 0.761. The summed E-state index contributed by atoms with van der Waals surface area (Å²) in [5.41, 5.74) is -0.166. The molecule has 1 N–H and O–H groups in total. The van der Waals surface area contributed by atoms with Crippen molar-refractivity contribution in [2.45, 2.75) is 64.0 Å². The highest BCUT2D eigenvalue weighted by molar-refractivity contribution is 5.68. The second kappa shape index (κ2) is 7.10. The number of likely N-dealkylation sites (N-methyl/N-ethyl adjacent to an activating group) is 1. The standard InChI is InChI=1S/C14H27NO3/c1-4-18-11-12(2)15(3)14(10-13(16)17)8-6-5-7-9-14/h12H,4-11H2,1-3H3,(H,16,17). The van der Waals surface area contributed by atoms with Gasteiger partial charge < -0.3 is 9.84 Å². The van der Waals surface area contributed by atoms with Gasteiger partial charge in [0.1, 0.15) is 0 Å². The molecule has 1 aliphatic rings. The third kappa shape index (κ3) is 3.95. The minimum Gasteiger partial charge on any atom is -0.481 e. The lowest BCUT2D eigenvalue weighted by Crippen LogP contribution is -2.54. The van der Waals surface area contributed by atoms with Crippen LogP contribution in [0.1, 0.15) is 52.4 Å². The van der Waals surface area contributed by atoms with Crippen molar-refractivity contribution in [3.8, 4) is 0 Å². The molecule has 0 aromatic heterocycles. The SMILES string of the molecule is CCOCC(C)N(C)C1(CC(=O)O)CCCCC1. The summed E-state index contributed by atoms with van der Waals surface area (Å²) in [5, 5.41) is 9.18. The number of hydrogen-bond acceptors (Lipinski definition) is 3. The highest BCUT2D eigenvalue weighted by Crippen LogP contribution is 2.36. The number of carboxylic acids is 1. The molecule has 1 atom stereocenters. The van der Waals surface area contributed by atoms with Gasteiger partial charge in [0, 0.05) is 18.2 Å². The summed E-state index contributed by atoms with van der Waals surface area (Å²) in [5.74, 6) is -0.688. The average Bonchev–Trinajstić information content (AvgIpc) is 2.35. The van der Waals surface area contributed by atoms with Gasteiger partial charge in [-0.15, -0.1) is 0 Å². The molecule has 0 amide bonds. The molecule has 0 heterocycles. The van der Waals surface area contributed by atoms with Crippen LogP contribution in [0.15, 0.2) is 0 Å². The lowest BCUT2D eigenvalue weighted by molar-refractivity contribution is -0.142. The van der Waals surface area contributed by atoms with Crippen LogP contribution in [-0.4, -0.2) is 47.8 Å². The molecule has 0 aromatic carbocycles. The Morgan fingerprint density at radius 3 is 2.50 bits per heavy atom. The van der Waals surface area contributed by atoms with Crippen molar-refractivity contribution in [1.29, 1.82) is 0 Å². The van der Waals surface area contributed by atoms with E-state index in [2.05, 4.69) is 18.9 Å². The van der Waals surface area contributed by atoms with Crippen LogP contribution in [0.4, 0.5) is 0 Å². The molecule has 1 aliphatic carbocycles. The number of nitrogens with zero attached hydrogens (tertiary/aromatic N) is 1. The highest BCUT2D eigenvalue weighted by Gasteiger charge is 2.39. The molecule has 1 rings (SSSR count). The van der Waals surface area contributed by atoms with Gasteiger partial charge in [-0.3, -0.25) is 9.69 Å². The summed E-state index contributed by atoms with van der Waals surface area (Å²) in [6.07, 6.45) is 5.74. The van der Waals surface area contributed by atoms with E-state index in [1.54, 1.807) is 0 Å². The van der Waals surface area contributed by atoms with E-state index in [1.807, 2.05) is 6.92 Å². The van der Waals surface area contributed by atoms with E-state index in [0.29, 0.717) is 13.2 Å². The minimum absolute atomic E-state index is 0.166. The molecule has 0 radical (unpaired) electrons. The van der Waals surface area contributed by atoms with Crippen LogP contribution < -0.4 is 0 Å². The fraction of sp³-hybridized carbons (Fsp3) is 0.929. The molecule has 1 fully saturated rings. The van der Waals surface area contributed by atoms with Crippen molar-refractivity contribution in [3.63, 3.8) is 0 Å². The van der Waals surface area contributed by atoms with Crippen molar-refractivity contribution >= 4 is 5.97 Å². The summed E-state index contributed by atoms with van der Waals surface area (Å²) in [7, 11) is 2.05. The lowest BCUT2D eigenvalue weighted by Gasteiger charge is -2.46. The van der Waals surface area contributed by atoms with Crippen LogP contribution in [-0.2, 0) is 9.53 Å². The molecule has 0 bridgehead atoms. The van der Waals surface area contributed by atoms with E-state index in [-0.39, 0.29) is 18.0 Å². The molecule has 0 saturated heterocycles. The topological polar surface area (TPSA) is 49.8 Å². The molecule has 4 heteroatoms. The monoisotopic (exact) mass is 257 g/mol. The molecule has 18 heavy (non-hydrogen) atoms. The van der Waals surface area contributed by atoms with Crippen LogP contribution in [0.25, 0.3) is 0 Å². The van der Waals surface area contributed by atoms with Gasteiger partial charge >= 0.3 is 5.97 Å². The van der Waals surface area contributed by atoms with Crippen molar-refractivity contribution in [1.82, 2.24) is 4.90 Å². The van der Waals surface area contributed by atoms with E-state index in [4.69, 9.17) is 4.74 Å². The molecular weight excluding hydrogens is 230 g/mol. The summed E-state index contributed by atoms with van der Waals surface area (Å²) in [4.78, 5) is 13.4. The van der Waals surface area contributed by atoms with Gasteiger partial charge in [-0.05, 0) is 33.7 Å². The normalized spacial score (nSPS) is 20.9. The predicted octanol–water partition coefficient (Wildman–Crippen LogP) is 2.52. The van der Waals surface area contributed by atoms with Crippen LogP contribution in [0.2, 0.25) is 0 Å². The van der Waals surface area contributed by atoms with E-state index in [9.17, 15) is 9.90 Å². The Morgan fingerprint density at radius 2 is 2.00 bits per heavy atom. The van der Waals surface area contributed by atoms with Crippen LogP contribution in [0.5, 0.6) is 0 Å². The molecule has 4 nitrogen and oxygen atoms in total. The third-order valence-electron chi connectivity index (χ3n) is 4.24. The van der Waals surface area contributed by atoms with E-state index in [1.165, 1.54) is 6.42 Å². The molecule has 0 aliphatic heterocycles. The Hall–Kier alpha value is -0.610. The minimum atomic E-state index is -0.688. The Balaban J connectivity index is 2.71. The van der Waals surface area contributed by atoms with Gasteiger partial charge in [0.15, 0.2) is 0 Å². The van der Waals surface area contributed by atoms with Crippen LogP contribution >= 0.6 is 0 Å². The van der Waals surface area contributed by atoms with E-state index < -0.39 is 5.97 Å². The van der Waals surface area contributed by atoms with Gasteiger partial charge in [0.05, 0.1) is 13.0 Å². The Morgan fingerprint density at radius 1 is 1.39 bits per heavy atom. The summed E-state index contributed by atoms with van der Waals surface area (Å²) in [6, 6.07) is 0.266. The maximum atomic E-state index is 11.2. The zero-order valence-electron chi connectivity index (χ0n) is 11.9. The number of carbonyl (C=O) groups is 1. The smallest absolute Gasteiger partial charge is 0.305 e. The second-order valence-electron chi connectivity index (χ2n) is 5.47. The molecular formula is C14H27NO3. The van der Waals surface area contributed by atoms with Gasteiger partial charge in [-0.1, -0.05) is 19.3 Å². The van der Waals surface area contributed by atoms with Crippen molar-refractivity contribution in [3.05, 3.63) is 0 Å². The Labute approximate surface area is 110 Å². The molecule has 1 unspecified atom stereocenters. The van der Waals surface area contributed by atoms with Gasteiger partial charge in [0.25, 0.3) is 0 Å². The van der Waals surface area contributed by atoms with Crippen molar-refractivity contribution in [2.75, 3.05) is 20.3 Å². The molecule has 0 spiro atoms. The summed E-state index contributed by atoms with van der Waals surface area (Å²) < 4.78 is 5.47. The zero-order valence-corrected chi connectivity index (χ0v) is 11.9. The first-order valence-corrected chi connectivity index (χ1v) is 7.04. The third-order valence-corrected chi connectivity index (χ3v) is 4.24. The maximum absolute atomic E-state index is 11.2. The maximum Gasteiger partial charge on any atom is 0.305 e. The Kier molecular flexibility index (Phi) is 6.09. The predicted molar refractivity (Wildman–Crippen MR) is 71.8 cm³/mol. The first-order valence-electron chi connectivity index (χ1n) is 7.04. The van der Waals surface area contributed by atoms with Crippen LogP contribution in [0.3, 0.4) is 0 Å². The Bertz CT molecular complexity index is 262. The van der Waals surface area contributed by atoms with Gasteiger partial charge in [-0.25, -0.2) is 0 Å². The van der Waals surface area contributed by atoms with Crippen molar-refractivity contribution in [2.24, 2.45) is 0 Å². The van der Waals surface area contributed by atoms with Gasteiger partial charge in [0.2, 0.25) is 0 Å². The summed E-state index contributed by atoms with van der Waals surface area (Å²) >= 11 is 0. The van der Waals surface area contributed by atoms with E-state index in [0.717, 1.165) is 25.7 Å². The summed E-state index contributed by atoms with van der Waals surface area (Å²) in [6.45, 7) is 5.49. The zero-order chi connectivity index (χ0) is 13.6. The lowest BCUT2D eigenvalue weighted by atomic mass is 9.77. The highest BCUT2D eigenvalue weighted by atomic mass is 16.5. The van der Waals surface area contributed by atoms with Gasteiger partial charge in [-0.2, -0.15) is 0 Å². The average molecular weight is 257 g/mol. The second-order valence-corrected chi connectivity index (χ2v) is 5.47. The van der Waals surface area contributed by atoms with Crippen molar-refractivity contribution < 1.29 is 14.6 Å². The largest absolute Gasteiger partial charge is 0.481 e. The number of rotatable bonds is 7. The number of aliphatic carboxylic acids is 1.